The zero-order chi connectivity index (χ0) is 28.7. The van der Waals surface area contributed by atoms with E-state index in [0.717, 1.165) is 13.1 Å². The maximum absolute atomic E-state index is 13.8. The van der Waals surface area contributed by atoms with Gasteiger partial charge in [0.25, 0.3) is 11.6 Å². The minimum absolute atomic E-state index is 0.142. The zero-order valence-corrected chi connectivity index (χ0v) is 22.9. The quantitative estimate of drug-likeness (QED) is 0.254. The summed E-state index contributed by atoms with van der Waals surface area (Å²) >= 11 is 0. The fourth-order valence-electron chi connectivity index (χ4n) is 4.73. The number of allylic oxidation sites excluding steroid dienone is 2. The number of dihydropyridines is 1. The molecule has 1 aromatic rings. The number of esters is 2. The van der Waals surface area contributed by atoms with Gasteiger partial charge in [-0.15, -0.1) is 0 Å². The number of methoxy groups -OCH3 is 1. The second kappa shape index (κ2) is 13.3. The molecule has 12 heteroatoms. The van der Waals surface area contributed by atoms with E-state index in [0.29, 0.717) is 36.7 Å². The summed E-state index contributed by atoms with van der Waals surface area (Å²) in [5.74, 6) is -3.12. The Morgan fingerprint density at radius 3 is 2.46 bits per heavy atom. The van der Waals surface area contributed by atoms with Gasteiger partial charge in [0.1, 0.15) is 12.6 Å². The fraction of sp³-hybridized carbons (Fsp3) is 0.519. The number of non-ortho nitro benzene ring substituents is 1. The van der Waals surface area contributed by atoms with Crippen molar-refractivity contribution >= 4 is 23.5 Å². The van der Waals surface area contributed by atoms with Gasteiger partial charge in [0, 0.05) is 48.7 Å². The number of nitrogens with zero attached hydrogens (tertiary/aromatic N) is 2. The highest BCUT2D eigenvalue weighted by Crippen LogP contribution is 2.39. The van der Waals surface area contributed by atoms with E-state index < -0.39 is 34.7 Å². The Labute approximate surface area is 227 Å². The van der Waals surface area contributed by atoms with Crippen LogP contribution in [0.5, 0.6) is 0 Å². The van der Waals surface area contributed by atoms with E-state index >= 15 is 0 Å². The lowest BCUT2D eigenvalue weighted by Gasteiger charge is -2.32. The number of nitro benzene ring substituents is 1. The number of ether oxygens (including phenoxy) is 3. The lowest BCUT2D eigenvalue weighted by molar-refractivity contribution is -0.384. The Balaban J connectivity index is 1.88. The van der Waals surface area contributed by atoms with Gasteiger partial charge >= 0.3 is 11.9 Å². The third-order valence-corrected chi connectivity index (χ3v) is 6.79. The molecule has 0 unspecified atom stereocenters. The van der Waals surface area contributed by atoms with Crippen LogP contribution in [0.15, 0.2) is 46.8 Å². The van der Waals surface area contributed by atoms with Gasteiger partial charge in [-0.2, -0.15) is 0 Å². The van der Waals surface area contributed by atoms with Crippen molar-refractivity contribution in [3.05, 3.63) is 62.5 Å². The summed E-state index contributed by atoms with van der Waals surface area (Å²) in [5.41, 5.74) is 1.36. The maximum atomic E-state index is 13.8. The van der Waals surface area contributed by atoms with Gasteiger partial charge in [0.2, 0.25) is 0 Å². The number of hydrogen-bond donors (Lipinski definition) is 2. The van der Waals surface area contributed by atoms with Crippen LogP contribution in [0.3, 0.4) is 0 Å². The minimum atomic E-state index is -0.969. The van der Waals surface area contributed by atoms with Crippen LogP contribution in [0.2, 0.25) is 0 Å². The third kappa shape index (κ3) is 7.21. The lowest BCUT2D eigenvalue weighted by Crippen LogP contribution is -2.48. The molecule has 39 heavy (non-hydrogen) atoms. The molecule has 0 radical (unpaired) electrons. The SMILES string of the molecule is COC(=O)C1=C(C)NC(C)=C(C(=O)N[C@H](C(=O)OCCN2CCOCC2)C(C)C)[C@H]1c1cccc([N+](=O)[O-])c1. The van der Waals surface area contributed by atoms with Crippen LogP contribution in [0.1, 0.15) is 39.2 Å². The molecule has 0 saturated carbocycles. The molecule has 0 bridgehead atoms. The molecular weight excluding hydrogens is 508 g/mol. The first-order valence-electron chi connectivity index (χ1n) is 12.8. The first-order chi connectivity index (χ1) is 18.5. The summed E-state index contributed by atoms with van der Waals surface area (Å²) in [7, 11) is 1.22. The predicted molar refractivity (Wildman–Crippen MR) is 141 cm³/mol. The standard InChI is InChI=1S/C27H36N4O8/c1-16(2)24(27(34)39-14-11-30-9-12-38-13-10-30)29-25(32)21-17(3)28-18(4)22(26(33)37-5)23(21)19-7-6-8-20(15-19)31(35)36/h6-8,15-16,23-24,28H,9-14H2,1-5H3,(H,29,32)/t23-,24+/m1/s1. The molecule has 0 aromatic heterocycles. The van der Waals surface area contributed by atoms with Crippen molar-refractivity contribution in [3.8, 4) is 0 Å². The topological polar surface area (TPSA) is 149 Å². The van der Waals surface area contributed by atoms with E-state index in [-0.39, 0.29) is 29.4 Å². The van der Waals surface area contributed by atoms with Gasteiger partial charge in [-0.05, 0) is 25.3 Å². The molecule has 12 nitrogen and oxygen atoms in total. The number of carbonyl (C=O) groups is 3. The Hall–Kier alpha value is -3.77. The number of benzene rings is 1. The molecule has 2 aliphatic heterocycles. The molecule has 2 aliphatic rings. The minimum Gasteiger partial charge on any atom is -0.466 e. The third-order valence-electron chi connectivity index (χ3n) is 6.79. The normalized spacial score (nSPS) is 18.9. The van der Waals surface area contributed by atoms with Gasteiger partial charge in [-0.3, -0.25) is 19.8 Å². The number of amides is 1. The number of carbonyl (C=O) groups excluding carboxylic acids is 3. The Bertz CT molecular complexity index is 1170. The van der Waals surface area contributed by atoms with E-state index in [9.17, 15) is 24.5 Å². The van der Waals surface area contributed by atoms with Gasteiger partial charge < -0.3 is 24.8 Å². The summed E-state index contributed by atoms with van der Waals surface area (Å²) in [6, 6.07) is 4.80. The average molecular weight is 545 g/mol. The summed E-state index contributed by atoms with van der Waals surface area (Å²) in [4.78, 5) is 52.7. The molecule has 3 rings (SSSR count). The smallest absolute Gasteiger partial charge is 0.336 e. The molecule has 0 spiro atoms. The maximum Gasteiger partial charge on any atom is 0.336 e. The number of rotatable bonds is 10. The lowest BCUT2D eigenvalue weighted by atomic mass is 9.79. The average Bonchev–Trinajstić information content (AvgIpc) is 2.91. The van der Waals surface area contributed by atoms with Crippen molar-refractivity contribution in [3.63, 3.8) is 0 Å². The Morgan fingerprint density at radius 2 is 1.85 bits per heavy atom. The number of nitrogens with one attached hydrogen (secondary N) is 2. The summed E-state index contributed by atoms with van der Waals surface area (Å²) in [6.45, 7) is 10.4. The highest BCUT2D eigenvalue weighted by atomic mass is 16.6. The van der Waals surface area contributed by atoms with Gasteiger partial charge in [0.15, 0.2) is 0 Å². The number of hydrogen-bond acceptors (Lipinski definition) is 10. The largest absolute Gasteiger partial charge is 0.466 e. The van der Waals surface area contributed by atoms with E-state index in [2.05, 4.69) is 15.5 Å². The van der Waals surface area contributed by atoms with E-state index in [4.69, 9.17) is 14.2 Å². The number of nitro groups is 1. The van der Waals surface area contributed by atoms with E-state index in [1.807, 2.05) is 0 Å². The van der Waals surface area contributed by atoms with Crippen molar-refractivity contribution in [1.82, 2.24) is 15.5 Å². The van der Waals surface area contributed by atoms with Crippen LogP contribution in [0, 0.1) is 16.0 Å². The van der Waals surface area contributed by atoms with Crippen molar-refractivity contribution in [1.29, 1.82) is 0 Å². The summed E-state index contributed by atoms with van der Waals surface area (Å²) < 4.78 is 15.8. The van der Waals surface area contributed by atoms with Crippen molar-refractivity contribution in [2.45, 2.75) is 39.7 Å². The van der Waals surface area contributed by atoms with Crippen molar-refractivity contribution in [2.24, 2.45) is 5.92 Å². The Morgan fingerprint density at radius 1 is 1.18 bits per heavy atom. The zero-order valence-electron chi connectivity index (χ0n) is 22.9. The Kier molecular flexibility index (Phi) is 10.2. The molecule has 212 valence electrons. The van der Waals surface area contributed by atoms with Crippen LogP contribution in [-0.4, -0.2) is 80.3 Å². The molecule has 0 aliphatic carbocycles. The fourth-order valence-corrected chi connectivity index (χ4v) is 4.73. The first-order valence-corrected chi connectivity index (χ1v) is 12.8. The van der Waals surface area contributed by atoms with E-state index in [1.54, 1.807) is 33.8 Å². The van der Waals surface area contributed by atoms with Crippen LogP contribution >= 0.6 is 0 Å². The summed E-state index contributed by atoms with van der Waals surface area (Å²) in [5, 5.41) is 17.3. The van der Waals surface area contributed by atoms with Crippen LogP contribution < -0.4 is 10.6 Å². The van der Waals surface area contributed by atoms with Gasteiger partial charge in [-0.25, -0.2) is 9.59 Å². The molecule has 1 fully saturated rings. The predicted octanol–water partition coefficient (Wildman–Crippen LogP) is 2.02. The molecule has 1 saturated heterocycles. The first kappa shape index (κ1) is 29.8. The second-order valence-electron chi connectivity index (χ2n) is 9.80. The van der Waals surface area contributed by atoms with Crippen molar-refractivity contribution < 1.29 is 33.5 Å². The van der Waals surface area contributed by atoms with Gasteiger partial charge in [0.05, 0.1) is 36.7 Å². The van der Waals surface area contributed by atoms with Crippen molar-refractivity contribution in [2.75, 3.05) is 46.6 Å². The van der Waals surface area contributed by atoms with Crippen LogP contribution in [0.4, 0.5) is 5.69 Å². The van der Waals surface area contributed by atoms with Crippen LogP contribution in [0.25, 0.3) is 0 Å². The molecular formula is C27H36N4O8. The molecule has 1 aromatic carbocycles. The summed E-state index contributed by atoms with van der Waals surface area (Å²) in [6.07, 6.45) is 0. The molecule has 1 amide bonds. The monoisotopic (exact) mass is 544 g/mol. The molecule has 2 N–H and O–H groups in total. The second-order valence-corrected chi connectivity index (χ2v) is 9.80. The van der Waals surface area contributed by atoms with Gasteiger partial charge in [-0.1, -0.05) is 26.0 Å². The van der Waals surface area contributed by atoms with Crippen LogP contribution in [-0.2, 0) is 28.6 Å². The molecule has 2 heterocycles. The molecule has 2 atom stereocenters. The van der Waals surface area contributed by atoms with E-state index in [1.165, 1.54) is 25.3 Å². The highest BCUT2D eigenvalue weighted by Gasteiger charge is 2.39. The highest BCUT2D eigenvalue weighted by molar-refractivity contribution is 6.03. The number of morpholine rings is 1.